The summed E-state index contributed by atoms with van der Waals surface area (Å²) in [6.07, 6.45) is 1.07. The van der Waals surface area contributed by atoms with E-state index in [9.17, 15) is 13.2 Å². The molecule has 0 radical (unpaired) electrons. The highest BCUT2D eigenvalue weighted by molar-refractivity contribution is 7.91. The largest absolute Gasteiger partial charge is 0.292 e. The maximum Gasteiger partial charge on any atom is 0.188 e. The zero-order chi connectivity index (χ0) is 10.9. The zero-order valence-electron chi connectivity index (χ0n) is 8.33. The zero-order valence-corrected chi connectivity index (χ0v) is 9.96. The second kappa shape index (κ2) is 3.82. The van der Waals surface area contributed by atoms with Gasteiger partial charge in [0, 0.05) is 11.1 Å². The number of aryl methyl sites for hydroxylation is 2. The van der Waals surface area contributed by atoms with E-state index in [2.05, 4.69) is 0 Å². The van der Waals surface area contributed by atoms with Crippen LogP contribution in [0.25, 0.3) is 0 Å². The Labute approximate surface area is 87.7 Å². The lowest BCUT2D eigenvalue weighted by atomic mass is 10.2. The van der Waals surface area contributed by atoms with E-state index in [1.54, 1.807) is 0 Å². The molecule has 1 aromatic rings. The average Bonchev–Trinajstić information content (AvgIpc) is 2.26. The van der Waals surface area contributed by atoms with Crippen LogP contribution in [0.2, 0.25) is 0 Å². The number of hydrogen-bond acceptors (Lipinski definition) is 4. The monoisotopic (exact) mass is 232 g/mol. The second-order valence-corrected chi connectivity index (χ2v) is 6.76. The quantitative estimate of drug-likeness (QED) is 0.744. The molecule has 1 rings (SSSR count). The molecule has 5 heteroatoms. The maximum absolute atomic E-state index is 11.5. The molecule has 0 unspecified atom stereocenters. The van der Waals surface area contributed by atoms with Crippen LogP contribution in [0.3, 0.4) is 0 Å². The molecule has 0 spiro atoms. The van der Waals surface area contributed by atoms with E-state index in [-0.39, 0.29) is 5.78 Å². The van der Waals surface area contributed by atoms with Crippen LogP contribution < -0.4 is 0 Å². The first kappa shape index (κ1) is 11.4. The van der Waals surface area contributed by atoms with Gasteiger partial charge in [-0.3, -0.25) is 4.79 Å². The standard InChI is InChI=1S/C9H12O3S2/c1-6-4-7(2)13-9(6)8(10)5-14(3,11)12/h4H,5H2,1-3H3. The van der Waals surface area contributed by atoms with Crippen LogP contribution in [0.1, 0.15) is 20.1 Å². The first-order valence-corrected chi connectivity index (χ1v) is 6.95. The van der Waals surface area contributed by atoms with Crippen molar-refractivity contribution in [2.24, 2.45) is 0 Å². The van der Waals surface area contributed by atoms with E-state index in [0.717, 1.165) is 16.7 Å². The van der Waals surface area contributed by atoms with Crippen molar-refractivity contribution in [2.75, 3.05) is 12.0 Å². The summed E-state index contributed by atoms with van der Waals surface area (Å²) in [4.78, 5) is 13.1. The number of sulfone groups is 1. The maximum atomic E-state index is 11.5. The highest BCUT2D eigenvalue weighted by Crippen LogP contribution is 2.21. The van der Waals surface area contributed by atoms with Crippen LogP contribution in [0.5, 0.6) is 0 Å². The van der Waals surface area contributed by atoms with Gasteiger partial charge in [-0.2, -0.15) is 0 Å². The smallest absolute Gasteiger partial charge is 0.188 e. The van der Waals surface area contributed by atoms with Gasteiger partial charge in [-0.15, -0.1) is 11.3 Å². The molecule has 0 atom stereocenters. The SMILES string of the molecule is Cc1cc(C)c(C(=O)CS(C)(=O)=O)s1. The number of Topliss-reactive ketones (excluding diaryl/α,β-unsaturated/α-hetero) is 1. The fraction of sp³-hybridized carbons (Fsp3) is 0.444. The summed E-state index contributed by atoms with van der Waals surface area (Å²) in [5, 5.41) is 0. The Kier molecular flexibility index (Phi) is 3.11. The molecule has 0 aliphatic rings. The minimum Gasteiger partial charge on any atom is -0.292 e. The topological polar surface area (TPSA) is 51.2 Å². The van der Waals surface area contributed by atoms with Gasteiger partial charge in [0.2, 0.25) is 0 Å². The van der Waals surface area contributed by atoms with Crippen LogP contribution in [0.15, 0.2) is 6.07 Å². The molecule has 0 saturated heterocycles. The van der Waals surface area contributed by atoms with E-state index < -0.39 is 15.6 Å². The van der Waals surface area contributed by atoms with Crippen LogP contribution >= 0.6 is 11.3 Å². The first-order valence-electron chi connectivity index (χ1n) is 4.07. The molecule has 14 heavy (non-hydrogen) atoms. The van der Waals surface area contributed by atoms with E-state index in [0.29, 0.717) is 4.88 Å². The fourth-order valence-electron chi connectivity index (χ4n) is 1.22. The van der Waals surface area contributed by atoms with Gasteiger partial charge in [0.15, 0.2) is 15.6 Å². The number of carbonyl (C=O) groups is 1. The predicted octanol–water partition coefficient (Wildman–Crippen LogP) is 1.59. The number of hydrogen-bond donors (Lipinski definition) is 0. The summed E-state index contributed by atoms with van der Waals surface area (Å²) in [7, 11) is -3.22. The lowest BCUT2D eigenvalue weighted by Gasteiger charge is -1.96. The normalized spacial score (nSPS) is 11.6. The second-order valence-electron chi connectivity index (χ2n) is 3.36. The summed E-state index contributed by atoms with van der Waals surface area (Å²) >= 11 is 1.35. The van der Waals surface area contributed by atoms with Crippen molar-refractivity contribution in [3.05, 3.63) is 21.4 Å². The summed E-state index contributed by atoms with van der Waals surface area (Å²) in [6, 6.07) is 1.89. The Morgan fingerprint density at radius 1 is 1.43 bits per heavy atom. The van der Waals surface area contributed by atoms with Gasteiger partial charge in [-0.05, 0) is 25.5 Å². The molecule has 1 heterocycles. The van der Waals surface area contributed by atoms with Gasteiger partial charge in [0.25, 0.3) is 0 Å². The molecule has 0 fully saturated rings. The minimum atomic E-state index is -3.22. The van der Waals surface area contributed by atoms with Gasteiger partial charge in [0.1, 0.15) is 5.75 Å². The Bertz CT molecular complexity index is 454. The Hall–Kier alpha value is -0.680. The highest BCUT2D eigenvalue weighted by atomic mass is 32.2. The van der Waals surface area contributed by atoms with Crippen LogP contribution in [-0.2, 0) is 9.84 Å². The number of ketones is 1. The Morgan fingerprint density at radius 3 is 2.36 bits per heavy atom. The van der Waals surface area contributed by atoms with Crippen molar-refractivity contribution in [1.82, 2.24) is 0 Å². The van der Waals surface area contributed by atoms with Gasteiger partial charge in [-0.1, -0.05) is 0 Å². The average molecular weight is 232 g/mol. The lowest BCUT2D eigenvalue weighted by Crippen LogP contribution is -2.14. The molecular formula is C9H12O3S2. The molecule has 78 valence electrons. The molecule has 0 aromatic carbocycles. The number of rotatable bonds is 3. The van der Waals surface area contributed by atoms with Crippen molar-refractivity contribution in [3.8, 4) is 0 Å². The van der Waals surface area contributed by atoms with Crippen LogP contribution in [0.4, 0.5) is 0 Å². The predicted molar refractivity (Wildman–Crippen MR) is 57.8 cm³/mol. The molecule has 0 bridgehead atoms. The van der Waals surface area contributed by atoms with Gasteiger partial charge >= 0.3 is 0 Å². The van der Waals surface area contributed by atoms with Crippen LogP contribution in [0, 0.1) is 13.8 Å². The van der Waals surface area contributed by atoms with Crippen LogP contribution in [-0.4, -0.2) is 26.2 Å². The van der Waals surface area contributed by atoms with E-state index in [4.69, 9.17) is 0 Å². The minimum absolute atomic E-state index is 0.303. The van der Waals surface area contributed by atoms with Crippen molar-refractivity contribution in [1.29, 1.82) is 0 Å². The third kappa shape index (κ3) is 2.92. The van der Waals surface area contributed by atoms with Crippen molar-refractivity contribution in [3.63, 3.8) is 0 Å². The molecule has 0 N–H and O–H groups in total. The van der Waals surface area contributed by atoms with Gasteiger partial charge in [0.05, 0.1) is 4.88 Å². The van der Waals surface area contributed by atoms with Crippen molar-refractivity contribution < 1.29 is 13.2 Å². The fourth-order valence-corrected chi connectivity index (χ4v) is 2.90. The van der Waals surface area contributed by atoms with E-state index in [1.165, 1.54) is 11.3 Å². The molecule has 0 amide bonds. The summed E-state index contributed by atoms with van der Waals surface area (Å²) in [5.41, 5.74) is 0.862. The summed E-state index contributed by atoms with van der Waals surface area (Å²) in [6.45, 7) is 3.72. The Balaban J connectivity index is 2.96. The van der Waals surface area contributed by atoms with E-state index in [1.807, 2.05) is 19.9 Å². The molecule has 0 aliphatic carbocycles. The molecule has 3 nitrogen and oxygen atoms in total. The van der Waals surface area contributed by atoms with E-state index >= 15 is 0 Å². The molecular weight excluding hydrogens is 220 g/mol. The third-order valence-corrected chi connectivity index (χ3v) is 3.67. The first-order chi connectivity index (χ1) is 6.29. The van der Waals surface area contributed by atoms with Crippen molar-refractivity contribution >= 4 is 27.0 Å². The van der Waals surface area contributed by atoms with Crippen molar-refractivity contribution in [2.45, 2.75) is 13.8 Å². The Morgan fingerprint density at radius 2 is 2.00 bits per heavy atom. The molecule has 1 aromatic heterocycles. The summed E-state index contributed by atoms with van der Waals surface area (Å²) in [5.74, 6) is -0.698. The lowest BCUT2D eigenvalue weighted by molar-refractivity contribution is 0.102. The molecule has 0 saturated carbocycles. The van der Waals surface area contributed by atoms with Gasteiger partial charge < -0.3 is 0 Å². The summed E-state index contributed by atoms with van der Waals surface area (Å²) < 4.78 is 21.8. The van der Waals surface area contributed by atoms with Gasteiger partial charge in [-0.25, -0.2) is 8.42 Å². The third-order valence-electron chi connectivity index (χ3n) is 1.69. The highest BCUT2D eigenvalue weighted by Gasteiger charge is 2.17. The number of carbonyl (C=O) groups excluding carboxylic acids is 1. The molecule has 0 aliphatic heterocycles. The number of thiophene rings is 1.